The molecule has 0 atom stereocenters. The summed E-state index contributed by atoms with van der Waals surface area (Å²) in [6.07, 6.45) is 23.3. The first kappa shape index (κ1) is 40.9. The van der Waals surface area contributed by atoms with Crippen LogP contribution >= 0.6 is 0 Å². The van der Waals surface area contributed by atoms with Crippen molar-refractivity contribution < 1.29 is 36.8 Å². The number of fused-ring (bicyclic) bond motifs is 5. The smallest absolute Gasteiger partial charge is 0.213 e. The molecular formula is C65H52B2N7OPt-3. The van der Waals surface area contributed by atoms with Gasteiger partial charge in [-0.05, 0) is 87.7 Å². The van der Waals surface area contributed by atoms with Crippen molar-refractivity contribution >= 4 is 81.1 Å². The molecule has 11 heteroatoms. The van der Waals surface area contributed by atoms with E-state index in [1.54, 1.807) is 36.4 Å². The Morgan fingerprint density at radius 1 is 0.645 bits per heavy atom. The standard InChI is InChI=1S/C65H52B2N7O.Pt/c1-65(2,3)47-29-32-58-54(41-47)51-31-30-49(43-62(51)74(58)64-70-57-25-8-9-26-59(57)71(64)4)75-50-40-46(45-19-6-5-7-20-45)39-48(42-50)72-44-73(61-28-11-10-27-60(61)72)63-52(55-23-17-37-68-35-14-12-33-66-55)21-16-22-53(63)56-24-18-38-69-36-15-13-34-67-56;/h5-41,44,68-69H,1-4H3;/q-3;/b33-12-,34-13-,35-14-,36-15-,37-17-,38-18-,55-23-,56-24-;/i4D3,5D,6D,7D,19D,20D;. The number of anilines is 4. The molecule has 3 aliphatic heterocycles. The van der Waals surface area contributed by atoms with E-state index in [2.05, 4.69) is 93.3 Å². The molecule has 0 aliphatic carbocycles. The second-order valence-electron chi connectivity index (χ2n) is 19.0. The summed E-state index contributed by atoms with van der Waals surface area (Å²) in [5.41, 5.74) is 9.83. The zero-order valence-corrected chi connectivity index (χ0v) is 43.9. The number of benzene rings is 7. The number of hydrogen-bond acceptors (Lipinski definition) is 6. The number of rotatable bonds is 8. The van der Waals surface area contributed by atoms with Gasteiger partial charge in [-0.3, -0.25) is 0 Å². The first-order chi connectivity index (χ1) is 40.0. The van der Waals surface area contributed by atoms with Gasteiger partial charge in [-0.15, -0.1) is 65.6 Å². The predicted octanol–water partition coefficient (Wildman–Crippen LogP) is 14.8. The van der Waals surface area contributed by atoms with E-state index in [-0.39, 0.29) is 67.1 Å². The molecule has 0 fully saturated rings. The topological polar surface area (TPSA) is 62.5 Å². The molecule has 3 aliphatic rings. The Hall–Kier alpha value is -8.45. The molecule has 372 valence electrons. The number of ether oxygens (including phenoxy) is 1. The van der Waals surface area contributed by atoms with Crippen LogP contribution in [0.15, 0.2) is 225 Å². The predicted molar refractivity (Wildman–Crippen MR) is 313 cm³/mol. The van der Waals surface area contributed by atoms with Crippen molar-refractivity contribution in [3.8, 4) is 28.6 Å². The summed E-state index contributed by atoms with van der Waals surface area (Å²) in [6, 6.07) is 39.4. The fraction of sp³-hybridized carbons (Fsp3) is 0.0769. The fourth-order valence-electron chi connectivity index (χ4n) is 9.61. The van der Waals surface area contributed by atoms with Gasteiger partial charge in [0.15, 0.2) is 14.6 Å². The fourth-order valence-corrected chi connectivity index (χ4v) is 9.61. The molecule has 9 aromatic rings. The van der Waals surface area contributed by atoms with Crippen LogP contribution in [0.25, 0.3) is 60.9 Å². The average Bonchev–Trinajstić information content (AvgIpc) is 1.67. The summed E-state index contributed by atoms with van der Waals surface area (Å²) < 4.78 is 80.7. The van der Waals surface area contributed by atoms with Crippen LogP contribution in [0, 0.1) is 18.8 Å². The third-order valence-corrected chi connectivity index (χ3v) is 13.2. The molecule has 7 aromatic carbocycles. The summed E-state index contributed by atoms with van der Waals surface area (Å²) >= 11 is 0. The Balaban J connectivity index is 0.00000736. The number of imidazole rings is 1. The van der Waals surface area contributed by atoms with Crippen LogP contribution in [0.3, 0.4) is 0 Å². The molecule has 12 rings (SSSR count). The quantitative estimate of drug-likeness (QED) is 0.117. The second kappa shape index (κ2) is 21.4. The van der Waals surface area contributed by atoms with Crippen molar-refractivity contribution in [1.29, 1.82) is 0 Å². The van der Waals surface area contributed by atoms with E-state index >= 15 is 0 Å². The van der Waals surface area contributed by atoms with Gasteiger partial charge in [-0.25, -0.2) is 4.98 Å². The van der Waals surface area contributed by atoms with Crippen molar-refractivity contribution in [1.82, 2.24) is 24.8 Å². The third kappa shape index (κ3) is 9.73. The van der Waals surface area contributed by atoms with Gasteiger partial charge >= 0.3 is 0 Å². The molecule has 0 saturated carbocycles. The van der Waals surface area contributed by atoms with Crippen LogP contribution < -0.4 is 25.2 Å². The minimum absolute atomic E-state index is 0. The van der Waals surface area contributed by atoms with Crippen LogP contribution in [0.4, 0.5) is 22.7 Å². The molecule has 0 bridgehead atoms. The van der Waals surface area contributed by atoms with Crippen molar-refractivity contribution in [2.24, 2.45) is 6.98 Å². The summed E-state index contributed by atoms with van der Waals surface area (Å²) in [5.74, 6) is 4.54. The van der Waals surface area contributed by atoms with E-state index < -0.39 is 25.1 Å². The largest absolute Gasteiger partial charge is 0.509 e. The molecule has 2 radical (unpaired) electrons. The van der Waals surface area contributed by atoms with Gasteiger partial charge in [-0.1, -0.05) is 146 Å². The maximum Gasteiger partial charge on any atom is 0.213 e. The minimum atomic E-state index is -2.62. The SMILES string of the molecule is [2H]c1c([2H])c([2H])c(-c2cc(Oc3[c-]c4c(cc3)c3cc(C(C)(C)C)ccc3n4-c3nc4ccccc4n3C([2H])([2H])[2H])[c-]c(N3[CH-]N(c4c(/C5=C/C=C\N/C=C\C=C/[B]5)cccc4/C4=C/C=C\N/C=C\C=C/[B]4)c4ccccc43)c2)c([2H])c1[2H].[Pt]. The van der Waals surface area contributed by atoms with E-state index in [0.717, 1.165) is 55.5 Å². The van der Waals surface area contributed by atoms with Crippen LogP contribution in [0.2, 0.25) is 0 Å². The summed E-state index contributed by atoms with van der Waals surface area (Å²) in [7, 11) is 4.15. The molecular weight excluding hydrogens is 1110 g/mol. The molecule has 8 nitrogen and oxygen atoms in total. The Labute approximate surface area is 472 Å². The number of aryl methyl sites for hydroxylation is 1. The zero-order chi connectivity index (χ0) is 57.7. The molecule has 2 N–H and O–H groups in total. The van der Waals surface area contributed by atoms with E-state index in [4.69, 9.17) is 17.9 Å². The molecule has 0 unspecified atom stereocenters. The van der Waals surface area contributed by atoms with Crippen LogP contribution in [-0.4, -0.2) is 28.7 Å². The minimum Gasteiger partial charge on any atom is -0.509 e. The Morgan fingerprint density at radius 2 is 1.33 bits per heavy atom. The number of allylic oxidation sites excluding steroid dienone is 8. The van der Waals surface area contributed by atoms with Crippen LogP contribution in [0.5, 0.6) is 11.5 Å². The van der Waals surface area contributed by atoms with Gasteiger partial charge in [0.1, 0.15) is 0 Å². The van der Waals surface area contributed by atoms with Gasteiger partial charge in [0.05, 0.1) is 17.9 Å². The second-order valence-corrected chi connectivity index (χ2v) is 19.0. The molecule has 0 spiro atoms. The number of para-hydroxylation sites is 5. The number of nitrogens with one attached hydrogen (secondary N) is 2. The summed E-state index contributed by atoms with van der Waals surface area (Å²) in [6.45, 7) is 5.78. The van der Waals surface area contributed by atoms with E-state index in [1.165, 1.54) is 4.57 Å². The monoisotopic (exact) mass is 1170 g/mol. The number of aromatic nitrogens is 3. The average molecular weight is 1170 g/mol. The summed E-state index contributed by atoms with van der Waals surface area (Å²) in [5, 5.41) is 8.01. The number of nitrogens with zero attached hydrogens (tertiary/aromatic N) is 5. The number of hydrogen-bond donors (Lipinski definition) is 2. The first-order valence-corrected chi connectivity index (χ1v) is 24.6. The maximum absolute atomic E-state index is 9.20. The van der Waals surface area contributed by atoms with Crippen molar-refractivity contribution in [3.05, 3.63) is 260 Å². The van der Waals surface area contributed by atoms with Crippen molar-refractivity contribution in [2.45, 2.75) is 26.2 Å². The van der Waals surface area contributed by atoms with Gasteiger partial charge in [0.25, 0.3) is 0 Å². The summed E-state index contributed by atoms with van der Waals surface area (Å²) in [4.78, 5) is 9.06. The Morgan fingerprint density at radius 3 is 2.04 bits per heavy atom. The molecule has 76 heavy (non-hydrogen) atoms. The molecule has 0 saturated heterocycles. The van der Waals surface area contributed by atoms with E-state index in [0.29, 0.717) is 27.8 Å². The Bertz CT molecular complexity index is 4260. The van der Waals surface area contributed by atoms with E-state index in [1.807, 2.05) is 144 Å². The third-order valence-electron chi connectivity index (χ3n) is 13.2. The Kier molecular flexibility index (Phi) is 11.5. The van der Waals surface area contributed by atoms with Crippen molar-refractivity contribution in [2.75, 3.05) is 9.80 Å². The van der Waals surface area contributed by atoms with Gasteiger partial charge < -0.3 is 34.3 Å². The van der Waals surface area contributed by atoms with Gasteiger partial charge in [0.2, 0.25) is 5.95 Å². The zero-order valence-electron chi connectivity index (χ0n) is 49.7. The normalized spacial score (nSPS) is 19.9. The maximum atomic E-state index is 9.20. The van der Waals surface area contributed by atoms with Crippen LogP contribution in [0.1, 0.15) is 48.4 Å². The molecule has 0 amide bonds. The van der Waals surface area contributed by atoms with Gasteiger partial charge in [0, 0.05) is 91.0 Å². The molecule has 5 heterocycles. The van der Waals surface area contributed by atoms with Crippen molar-refractivity contribution in [3.63, 3.8) is 0 Å². The van der Waals surface area contributed by atoms with Crippen LogP contribution in [-0.2, 0) is 33.5 Å². The molecule has 2 aromatic heterocycles. The van der Waals surface area contributed by atoms with Gasteiger partial charge in [-0.2, -0.15) is 6.07 Å². The van der Waals surface area contributed by atoms with E-state index in [9.17, 15) is 2.74 Å². The first-order valence-electron chi connectivity index (χ1n) is 28.6.